The molecule has 0 unspecified atom stereocenters. The first-order chi connectivity index (χ1) is 14.0. The molecule has 0 saturated carbocycles. The zero-order valence-electron chi connectivity index (χ0n) is 16.3. The number of anilines is 1. The molecule has 3 aromatic rings. The van der Waals surface area contributed by atoms with Crippen LogP contribution >= 0.6 is 34.5 Å². The Morgan fingerprint density at radius 2 is 1.86 bits per heavy atom. The van der Waals surface area contributed by atoms with Crippen LogP contribution in [0.1, 0.15) is 43.5 Å². The lowest BCUT2D eigenvalue weighted by molar-refractivity contribution is 0.102. The number of carbonyl (C=O) groups excluding carboxylic acids is 1. The van der Waals surface area contributed by atoms with Crippen molar-refractivity contribution in [1.29, 1.82) is 0 Å². The number of nitrogens with one attached hydrogen (secondary N) is 1. The summed E-state index contributed by atoms with van der Waals surface area (Å²) in [7, 11) is 0. The quantitative estimate of drug-likeness (QED) is 0.361. The number of nitrogens with zero attached hydrogens (tertiary/aromatic N) is 1. The summed E-state index contributed by atoms with van der Waals surface area (Å²) in [6.07, 6.45) is 3.10. The number of carbonyl (C=O) groups is 1. The molecule has 29 heavy (non-hydrogen) atoms. The van der Waals surface area contributed by atoms with Crippen LogP contribution in [0.15, 0.2) is 30.3 Å². The van der Waals surface area contributed by atoms with Crippen molar-refractivity contribution in [3.05, 3.63) is 45.9 Å². The summed E-state index contributed by atoms with van der Waals surface area (Å²) in [5.74, 6) is 0.842. The van der Waals surface area contributed by atoms with E-state index in [0.717, 1.165) is 35.2 Å². The van der Waals surface area contributed by atoms with Gasteiger partial charge in [0.15, 0.2) is 10.9 Å². The average Bonchev–Trinajstić information content (AvgIpc) is 3.08. The Morgan fingerprint density at radius 3 is 2.55 bits per heavy atom. The van der Waals surface area contributed by atoms with Gasteiger partial charge in [0, 0.05) is 5.56 Å². The summed E-state index contributed by atoms with van der Waals surface area (Å²) >= 11 is 14.0. The van der Waals surface area contributed by atoms with Crippen molar-refractivity contribution in [2.75, 3.05) is 18.5 Å². The van der Waals surface area contributed by atoms with Crippen LogP contribution in [0.25, 0.3) is 10.2 Å². The molecule has 1 aromatic heterocycles. The van der Waals surface area contributed by atoms with E-state index in [-0.39, 0.29) is 5.91 Å². The molecule has 1 N–H and O–H groups in total. The molecular formula is C21H22Cl2N2O3S. The predicted molar refractivity (Wildman–Crippen MR) is 120 cm³/mol. The topological polar surface area (TPSA) is 60.5 Å². The van der Waals surface area contributed by atoms with Crippen molar-refractivity contribution in [3.8, 4) is 11.5 Å². The highest BCUT2D eigenvalue weighted by Crippen LogP contribution is 2.35. The zero-order chi connectivity index (χ0) is 20.8. The van der Waals surface area contributed by atoms with Gasteiger partial charge < -0.3 is 9.47 Å². The highest BCUT2D eigenvalue weighted by Gasteiger charge is 2.16. The number of hydrogen-bond donors (Lipinski definition) is 1. The lowest BCUT2D eigenvalue weighted by atomic mass is 10.2. The fourth-order valence-corrected chi connectivity index (χ4v) is 4.22. The van der Waals surface area contributed by atoms with Crippen LogP contribution in [0.2, 0.25) is 10.0 Å². The van der Waals surface area contributed by atoms with Crippen molar-refractivity contribution >= 4 is 55.8 Å². The molecule has 0 radical (unpaired) electrons. The van der Waals surface area contributed by atoms with Gasteiger partial charge in [0.2, 0.25) is 0 Å². The lowest BCUT2D eigenvalue weighted by Gasteiger charge is -2.11. The highest BCUT2D eigenvalue weighted by molar-refractivity contribution is 7.22. The molecule has 3 rings (SSSR count). The number of thiazole rings is 1. The average molecular weight is 453 g/mol. The van der Waals surface area contributed by atoms with Gasteiger partial charge in [0.05, 0.1) is 33.5 Å². The number of unbranched alkanes of at least 4 members (excludes halogenated alkanes) is 2. The fraction of sp³-hybridized carbons (Fsp3) is 0.333. The minimum atomic E-state index is -0.338. The zero-order valence-corrected chi connectivity index (χ0v) is 18.6. The maximum Gasteiger partial charge on any atom is 0.257 e. The van der Waals surface area contributed by atoms with Crippen LogP contribution < -0.4 is 14.8 Å². The van der Waals surface area contributed by atoms with Gasteiger partial charge in [-0.1, -0.05) is 54.3 Å². The van der Waals surface area contributed by atoms with E-state index < -0.39 is 0 Å². The standard InChI is InChI=1S/C21H22Cl2N2O3S/c1-3-5-6-9-28-19-15(22)10-13(11-16(19)23)20(26)25-21-24-17-8-7-14(27-4-2)12-18(17)29-21/h7-8,10-12H,3-6,9H2,1-2H3,(H,24,25,26). The maximum absolute atomic E-state index is 12.6. The Morgan fingerprint density at radius 1 is 1.10 bits per heavy atom. The summed E-state index contributed by atoms with van der Waals surface area (Å²) in [5, 5.41) is 3.91. The van der Waals surface area contributed by atoms with E-state index in [0.29, 0.717) is 39.7 Å². The molecule has 0 spiro atoms. The van der Waals surface area contributed by atoms with Gasteiger partial charge in [-0.2, -0.15) is 0 Å². The molecule has 0 aliphatic rings. The second-order valence-electron chi connectivity index (χ2n) is 6.36. The van der Waals surface area contributed by atoms with Crippen molar-refractivity contribution < 1.29 is 14.3 Å². The number of ether oxygens (including phenoxy) is 2. The van der Waals surface area contributed by atoms with E-state index in [1.165, 1.54) is 11.3 Å². The third-order valence-corrected chi connectivity index (χ3v) is 5.64. The summed E-state index contributed by atoms with van der Waals surface area (Å²) < 4.78 is 12.1. The summed E-state index contributed by atoms with van der Waals surface area (Å²) in [5.41, 5.74) is 1.14. The van der Waals surface area contributed by atoms with Crippen LogP contribution in [-0.4, -0.2) is 24.1 Å². The molecule has 0 atom stereocenters. The van der Waals surface area contributed by atoms with Crippen molar-refractivity contribution in [3.63, 3.8) is 0 Å². The lowest BCUT2D eigenvalue weighted by Crippen LogP contribution is -2.12. The Hall–Kier alpha value is -2.02. The Labute approximate surface area is 183 Å². The molecular weight excluding hydrogens is 431 g/mol. The first-order valence-electron chi connectivity index (χ1n) is 9.48. The summed E-state index contributed by atoms with van der Waals surface area (Å²) in [4.78, 5) is 17.1. The minimum absolute atomic E-state index is 0.310. The van der Waals surface area contributed by atoms with Gasteiger partial charge in [-0.25, -0.2) is 4.98 Å². The van der Waals surface area contributed by atoms with Gasteiger partial charge in [0.25, 0.3) is 5.91 Å². The highest BCUT2D eigenvalue weighted by atomic mass is 35.5. The van der Waals surface area contributed by atoms with Crippen molar-refractivity contribution in [2.24, 2.45) is 0 Å². The fourth-order valence-electron chi connectivity index (χ4n) is 2.74. The monoisotopic (exact) mass is 452 g/mol. The third kappa shape index (κ3) is 5.53. The molecule has 5 nitrogen and oxygen atoms in total. The molecule has 1 heterocycles. The molecule has 0 saturated heterocycles. The second-order valence-corrected chi connectivity index (χ2v) is 8.21. The number of aromatic nitrogens is 1. The van der Waals surface area contributed by atoms with Crippen LogP contribution in [0.5, 0.6) is 11.5 Å². The van der Waals surface area contributed by atoms with Gasteiger partial charge in [-0.3, -0.25) is 10.1 Å². The molecule has 1 amide bonds. The van der Waals surface area contributed by atoms with E-state index in [1.807, 2.05) is 25.1 Å². The van der Waals surface area contributed by atoms with E-state index in [9.17, 15) is 4.79 Å². The van der Waals surface area contributed by atoms with Gasteiger partial charge >= 0.3 is 0 Å². The first-order valence-corrected chi connectivity index (χ1v) is 11.1. The molecule has 0 aliphatic heterocycles. The third-order valence-electron chi connectivity index (χ3n) is 4.15. The van der Waals surface area contributed by atoms with Crippen molar-refractivity contribution in [2.45, 2.75) is 33.1 Å². The van der Waals surface area contributed by atoms with E-state index in [1.54, 1.807) is 12.1 Å². The maximum atomic E-state index is 12.6. The number of benzene rings is 2. The normalized spacial score (nSPS) is 10.9. The number of fused-ring (bicyclic) bond motifs is 1. The molecule has 0 aliphatic carbocycles. The van der Waals surface area contributed by atoms with E-state index >= 15 is 0 Å². The van der Waals surface area contributed by atoms with Gasteiger partial charge in [-0.15, -0.1) is 0 Å². The van der Waals surface area contributed by atoms with Crippen LogP contribution in [0.3, 0.4) is 0 Å². The minimum Gasteiger partial charge on any atom is -0.494 e. The number of amides is 1. The number of halogens is 2. The Kier molecular flexibility index (Phi) is 7.58. The Balaban J connectivity index is 1.72. The first kappa shape index (κ1) is 21.7. The van der Waals surface area contributed by atoms with E-state index in [4.69, 9.17) is 32.7 Å². The Bertz CT molecular complexity index is 984. The van der Waals surface area contributed by atoms with Crippen LogP contribution in [-0.2, 0) is 0 Å². The number of hydrogen-bond acceptors (Lipinski definition) is 5. The molecule has 8 heteroatoms. The van der Waals surface area contributed by atoms with E-state index in [2.05, 4.69) is 17.2 Å². The van der Waals surface area contributed by atoms with Gasteiger partial charge in [-0.05, 0) is 43.7 Å². The van der Waals surface area contributed by atoms with Gasteiger partial charge in [0.1, 0.15) is 5.75 Å². The predicted octanol–water partition coefficient (Wildman–Crippen LogP) is 6.82. The smallest absolute Gasteiger partial charge is 0.257 e. The molecule has 154 valence electrons. The summed E-state index contributed by atoms with van der Waals surface area (Å²) in [6, 6.07) is 8.74. The molecule has 0 bridgehead atoms. The second kappa shape index (κ2) is 10.1. The van der Waals surface area contributed by atoms with Crippen LogP contribution in [0, 0.1) is 0 Å². The SMILES string of the molecule is CCCCCOc1c(Cl)cc(C(=O)Nc2nc3ccc(OCC)cc3s2)cc1Cl. The van der Waals surface area contributed by atoms with Crippen molar-refractivity contribution in [1.82, 2.24) is 4.98 Å². The largest absolute Gasteiger partial charge is 0.494 e. The molecule has 2 aromatic carbocycles. The summed E-state index contributed by atoms with van der Waals surface area (Å²) in [6.45, 7) is 5.18. The number of rotatable bonds is 9. The molecule has 0 fully saturated rings. The van der Waals surface area contributed by atoms with Crippen LogP contribution in [0.4, 0.5) is 5.13 Å².